The van der Waals surface area contributed by atoms with Gasteiger partial charge in [-0.15, -0.1) is 0 Å². The Morgan fingerprint density at radius 3 is 2.65 bits per heavy atom. The van der Waals surface area contributed by atoms with E-state index in [9.17, 15) is 8.42 Å². The number of nitriles is 1. The lowest BCUT2D eigenvalue weighted by Gasteiger charge is -2.10. The second-order valence-corrected chi connectivity index (χ2v) is 6.50. The molecular formula is C13H16N4O2S. The molecule has 1 heterocycles. The maximum Gasteiger partial charge on any atom is 0.218 e. The lowest BCUT2D eigenvalue weighted by Crippen LogP contribution is -2.39. The monoisotopic (exact) mass is 292 g/mol. The average Bonchev–Trinajstić information content (AvgIpc) is 2.86. The molecule has 0 bridgehead atoms. The fourth-order valence-electron chi connectivity index (χ4n) is 1.90. The van der Waals surface area contributed by atoms with Crippen molar-refractivity contribution >= 4 is 9.84 Å². The van der Waals surface area contributed by atoms with E-state index in [0.717, 1.165) is 6.42 Å². The van der Waals surface area contributed by atoms with Gasteiger partial charge in [0.2, 0.25) is 9.84 Å². The van der Waals surface area contributed by atoms with E-state index in [1.807, 2.05) is 6.92 Å². The highest BCUT2D eigenvalue weighted by molar-refractivity contribution is 7.95. The molecule has 3 N–H and O–H groups in total. The van der Waals surface area contributed by atoms with Gasteiger partial charge in [-0.3, -0.25) is 5.43 Å². The Bertz CT molecular complexity index is 634. The van der Waals surface area contributed by atoms with E-state index in [1.54, 1.807) is 24.3 Å². The van der Waals surface area contributed by atoms with Gasteiger partial charge in [0.15, 0.2) is 4.91 Å². The Kier molecular flexibility index (Phi) is 4.39. The van der Waals surface area contributed by atoms with E-state index in [2.05, 4.69) is 16.2 Å². The molecule has 20 heavy (non-hydrogen) atoms. The highest BCUT2D eigenvalue weighted by atomic mass is 32.2. The predicted molar refractivity (Wildman–Crippen MR) is 74.6 cm³/mol. The zero-order valence-electron chi connectivity index (χ0n) is 11.0. The number of sulfone groups is 1. The second-order valence-electron chi connectivity index (χ2n) is 4.58. The van der Waals surface area contributed by atoms with E-state index >= 15 is 0 Å². The minimum Gasteiger partial charge on any atom is -0.373 e. The summed E-state index contributed by atoms with van der Waals surface area (Å²) in [5, 5.41) is 12.0. The molecule has 1 aromatic rings. The molecule has 1 fully saturated rings. The first-order valence-corrected chi connectivity index (χ1v) is 7.70. The van der Waals surface area contributed by atoms with Gasteiger partial charge in [0, 0.05) is 12.2 Å². The smallest absolute Gasteiger partial charge is 0.218 e. The van der Waals surface area contributed by atoms with Gasteiger partial charge in [-0.1, -0.05) is 18.2 Å². The number of allylic oxidation sites excluding steroid dienone is 1. The number of hydrazine groups is 1. The van der Waals surface area contributed by atoms with Crippen LogP contribution in [-0.2, 0) is 9.84 Å². The normalized spacial score (nSPS) is 23.3. The van der Waals surface area contributed by atoms with Crippen LogP contribution in [0.5, 0.6) is 0 Å². The van der Waals surface area contributed by atoms with Crippen LogP contribution < -0.4 is 16.2 Å². The zero-order valence-corrected chi connectivity index (χ0v) is 11.8. The Morgan fingerprint density at radius 1 is 1.40 bits per heavy atom. The molecule has 1 aliphatic rings. The summed E-state index contributed by atoms with van der Waals surface area (Å²) in [4.78, 5) is -0.189. The Hall–Kier alpha value is -1.88. The topological polar surface area (TPSA) is 94.0 Å². The van der Waals surface area contributed by atoms with Gasteiger partial charge >= 0.3 is 0 Å². The van der Waals surface area contributed by atoms with E-state index in [1.165, 1.54) is 18.3 Å². The molecule has 1 aromatic carbocycles. The number of hydrogen-bond acceptors (Lipinski definition) is 6. The van der Waals surface area contributed by atoms with E-state index in [-0.39, 0.29) is 22.0 Å². The molecule has 0 amide bonds. The van der Waals surface area contributed by atoms with Gasteiger partial charge < -0.3 is 5.32 Å². The maximum atomic E-state index is 12.3. The third-order valence-corrected chi connectivity index (χ3v) is 4.64. The van der Waals surface area contributed by atoms with Crippen LogP contribution in [0.15, 0.2) is 46.3 Å². The number of nitrogens with one attached hydrogen (secondary N) is 3. The van der Waals surface area contributed by atoms with Crippen molar-refractivity contribution in [3.8, 4) is 6.07 Å². The van der Waals surface area contributed by atoms with E-state index in [4.69, 9.17) is 5.26 Å². The van der Waals surface area contributed by atoms with Crippen LogP contribution in [0.25, 0.3) is 0 Å². The number of benzene rings is 1. The van der Waals surface area contributed by atoms with Crippen molar-refractivity contribution in [3.63, 3.8) is 0 Å². The van der Waals surface area contributed by atoms with Gasteiger partial charge in [0.05, 0.1) is 11.1 Å². The summed E-state index contributed by atoms with van der Waals surface area (Å²) in [5.74, 6) is 0. The van der Waals surface area contributed by atoms with Crippen molar-refractivity contribution in [1.82, 2.24) is 16.2 Å². The van der Waals surface area contributed by atoms with Crippen LogP contribution in [0.2, 0.25) is 0 Å². The summed E-state index contributed by atoms with van der Waals surface area (Å²) in [7, 11) is -3.77. The molecule has 0 radical (unpaired) electrons. The third-order valence-electron chi connectivity index (χ3n) is 2.96. The van der Waals surface area contributed by atoms with Crippen molar-refractivity contribution in [2.24, 2.45) is 0 Å². The maximum absolute atomic E-state index is 12.3. The Morgan fingerprint density at radius 2 is 2.10 bits per heavy atom. The first kappa shape index (κ1) is 14.5. The number of rotatable bonds is 4. The highest BCUT2D eigenvalue weighted by Gasteiger charge is 2.22. The number of nitrogens with zero attached hydrogens (tertiary/aromatic N) is 1. The number of hydrogen-bond donors (Lipinski definition) is 3. The van der Waals surface area contributed by atoms with Crippen LogP contribution in [0.1, 0.15) is 13.3 Å². The summed E-state index contributed by atoms with van der Waals surface area (Å²) in [6.07, 6.45) is 1.94. The molecule has 0 aromatic heterocycles. The standard InChI is InChI=1S/C13H16N4O2S/c1-10-7-13(17-16-10)15-9-12(8-14)20(18,19)11-5-3-2-4-6-11/h2-6,9-10,13,15-17H,7H2,1H3/b12-9+. The largest absolute Gasteiger partial charge is 0.373 e. The minimum absolute atomic E-state index is 0.0978. The molecule has 1 saturated heterocycles. The van der Waals surface area contributed by atoms with Crippen LogP contribution in [0.3, 0.4) is 0 Å². The van der Waals surface area contributed by atoms with Gasteiger partial charge in [-0.2, -0.15) is 5.26 Å². The van der Waals surface area contributed by atoms with Crippen molar-refractivity contribution in [2.45, 2.75) is 30.4 Å². The molecule has 106 valence electrons. The fourth-order valence-corrected chi connectivity index (χ4v) is 3.01. The van der Waals surface area contributed by atoms with Gasteiger partial charge in [-0.25, -0.2) is 13.8 Å². The lowest BCUT2D eigenvalue weighted by atomic mass is 10.2. The second kappa shape index (κ2) is 6.05. The van der Waals surface area contributed by atoms with Gasteiger partial charge in [0.25, 0.3) is 0 Å². The molecular weight excluding hydrogens is 276 g/mol. The van der Waals surface area contributed by atoms with Crippen LogP contribution in [0, 0.1) is 11.3 Å². The molecule has 2 atom stereocenters. The molecule has 0 spiro atoms. The van der Waals surface area contributed by atoms with Crippen LogP contribution in [-0.4, -0.2) is 20.6 Å². The fraction of sp³-hybridized carbons (Fsp3) is 0.308. The predicted octanol–water partition coefficient (Wildman–Crippen LogP) is 0.627. The summed E-state index contributed by atoms with van der Waals surface area (Å²) < 4.78 is 24.5. The highest BCUT2D eigenvalue weighted by Crippen LogP contribution is 2.17. The van der Waals surface area contributed by atoms with Crippen molar-refractivity contribution in [1.29, 1.82) is 5.26 Å². The summed E-state index contributed by atoms with van der Waals surface area (Å²) in [6, 6.07) is 9.94. The van der Waals surface area contributed by atoms with Gasteiger partial charge in [-0.05, 0) is 25.5 Å². The first-order chi connectivity index (χ1) is 9.54. The third kappa shape index (κ3) is 3.17. The van der Waals surface area contributed by atoms with Crippen molar-refractivity contribution in [2.75, 3.05) is 0 Å². The van der Waals surface area contributed by atoms with Crippen LogP contribution >= 0.6 is 0 Å². The molecule has 6 nitrogen and oxygen atoms in total. The van der Waals surface area contributed by atoms with Crippen LogP contribution in [0.4, 0.5) is 0 Å². The summed E-state index contributed by atoms with van der Waals surface area (Å²) >= 11 is 0. The SMILES string of the molecule is CC1CC(N/C=C(\C#N)S(=O)(=O)c2ccccc2)NN1. The minimum atomic E-state index is -3.77. The molecule has 0 saturated carbocycles. The summed E-state index contributed by atoms with van der Waals surface area (Å²) in [5.41, 5.74) is 5.97. The molecule has 2 unspecified atom stereocenters. The quantitative estimate of drug-likeness (QED) is 0.705. The Balaban J connectivity index is 2.18. The van der Waals surface area contributed by atoms with Crippen molar-refractivity contribution in [3.05, 3.63) is 41.4 Å². The lowest BCUT2D eigenvalue weighted by molar-refractivity contribution is 0.510. The van der Waals surface area contributed by atoms with E-state index < -0.39 is 9.84 Å². The summed E-state index contributed by atoms with van der Waals surface area (Å²) in [6.45, 7) is 2.00. The molecule has 1 aliphatic heterocycles. The van der Waals surface area contributed by atoms with Crippen molar-refractivity contribution < 1.29 is 8.42 Å². The Labute approximate surface area is 118 Å². The first-order valence-electron chi connectivity index (χ1n) is 6.21. The zero-order chi connectivity index (χ0) is 14.6. The van der Waals surface area contributed by atoms with Gasteiger partial charge in [0.1, 0.15) is 6.07 Å². The molecule has 7 heteroatoms. The van der Waals surface area contributed by atoms with E-state index in [0.29, 0.717) is 0 Å². The molecule has 2 rings (SSSR count). The molecule has 0 aliphatic carbocycles. The average molecular weight is 292 g/mol.